The number of rotatable bonds is 3. The topological polar surface area (TPSA) is 44.7 Å². The van der Waals surface area contributed by atoms with Gasteiger partial charge in [0.25, 0.3) is 5.91 Å². The predicted molar refractivity (Wildman–Crippen MR) is 94.6 cm³/mol. The van der Waals surface area contributed by atoms with Crippen molar-refractivity contribution in [2.24, 2.45) is 4.99 Å². The van der Waals surface area contributed by atoms with Crippen molar-refractivity contribution >= 4 is 23.5 Å². The van der Waals surface area contributed by atoms with Crippen LogP contribution in [0.2, 0.25) is 0 Å². The summed E-state index contributed by atoms with van der Waals surface area (Å²) < 4.78 is 0. The van der Waals surface area contributed by atoms with Crippen molar-refractivity contribution in [1.29, 1.82) is 0 Å². The van der Waals surface area contributed by atoms with Gasteiger partial charge in [-0.2, -0.15) is 0 Å². The molecule has 0 bridgehead atoms. The zero-order valence-corrected chi connectivity index (χ0v) is 13.5. The lowest BCUT2D eigenvalue weighted by molar-refractivity contribution is -0.115. The second-order valence-corrected chi connectivity index (χ2v) is 5.80. The van der Waals surface area contributed by atoms with E-state index < -0.39 is 0 Å². The highest BCUT2D eigenvalue weighted by Crippen LogP contribution is 2.18. The van der Waals surface area contributed by atoms with Gasteiger partial charge in [-0.05, 0) is 30.7 Å². The first-order chi connectivity index (χ1) is 11.0. The molecule has 4 heteroatoms. The Hall–Kier alpha value is -2.88. The fourth-order valence-electron chi connectivity index (χ4n) is 2.34. The quantitative estimate of drug-likeness (QED) is 0.886. The molecule has 1 N–H and O–H groups in total. The number of amides is 1. The van der Waals surface area contributed by atoms with Gasteiger partial charge in [-0.1, -0.05) is 42.0 Å². The summed E-state index contributed by atoms with van der Waals surface area (Å²) in [6.07, 6.45) is 1.80. The summed E-state index contributed by atoms with van der Waals surface area (Å²) in [7, 11) is 3.99. The van der Waals surface area contributed by atoms with Gasteiger partial charge in [0.2, 0.25) is 0 Å². The number of aliphatic imine (C=N–C) groups is 1. The molecule has 0 radical (unpaired) electrons. The molecule has 0 spiro atoms. The van der Waals surface area contributed by atoms with Crippen LogP contribution < -0.4 is 10.2 Å². The third-order valence-electron chi connectivity index (χ3n) is 3.73. The molecule has 4 nitrogen and oxygen atoms in total. The molecular weight excluding hydrogens is 286 g/mol. The monoisotopic (exact) mass is 305 g/mol. The Morgan fingerprint density at radius 2 is 1.65 bits per heavy atom. The molecule has 1 aliphatic rings. The number of hydrogen-bond donors (Lipinski definition) is 1. The first-order valence-electron chi connectivity index (χ1n) is 7.49. The molecule has 0 aromatic heterocycles. The summed E-state index contributed by atoms with van der Waals surface area (Å²) in [5, 5.41) is 2.82. The van der Waals surface area contributed by atoms with Crippen molar-refractivity contribution in [3.63, 3.8) is 0 Å². The van der Waals surface area contributed by atoms with Gasteiger partial charge in [-0.15, -0.1) is 0 Å². The van der Waals surface area contributed by atoms with Crippen LogP contribution in [0.25, 0.3) is 6.08 Å². The van der Waals surface area contributed by atoms with Crippen LogP contribution >= 0.6 is 0 Å². The van der Waals surface area contributed by atoms with Crippen molar-refractivity contribution < 1.29 is 4.79 Å². The van der Waals surface area contributed by atoms with Gasteiger partial charge in [0, 0.05) is 25.3 Å². The highest BCUT2D eigenvalue weighted by Gasteiger charge is 2.20. The van der Waals surface area contributed by atoms with Crippen molar-refractivity contribution in [2.75, 3.05) is 19.0 Å². The van der Waals surface area contributed by atoms with Crippen LogP contribution in [-0.4, -0.2) is 25.8 Å². The molecule has 23 heavy (non-hydrogen) atoms. The first kappa shape index (κ1) is 15.0. The van der Waals surface area contributed by atoms with Crippen LogP contribution in [0, 0.1) is 6.92 Å². The fraction of sp³-hybridized carbons (Fsp3) is 0.158. The van der Waals surface area contributed by atoms with Crippen molar-refractivity contribution in [2.45, 2.75) is 6.92 Å². The number of carbonyl (C=O) groups excluding carboxylic acids is 1. The fourth-order valence-corrected chi connectivity index (χ4v) is 2.34. The van der Waals surface area contributed by atoms with Gasteiger partial charge in [0.1, 0.15) is 11.5 Å². The molecule has 0 saturated heterocycles. The smallest absolute Gasteiger partial charge is 0.275 e. The normalized spacial score (nSPS) is 15.5. The lowest BCUT2D eigenvalue weighted by Gasteiger charge is -2.11. The number of carbonyl (C=O) groups is 1. The van der Waals surface area contributed by atoms with E-state index in [0.717, 1.165) is 16.8 Å². The molecule has 1 aliphatic heterocycles. The Kier molecular flexibility index (Phi) is 3.98. The van der Waals surface area contributed by atoms with Crippen LogP contribution in [0.1, 0.15) is 16.7 Å². The number of aryl methyl sites for hydroxylation is 1. The molecule has 0 fully saturated rings. The second kappa shape index (κ2) is 6.08. The van der Waals surface area contributed by atoms with E-state index in [4.69, 9.17) is 0 Å². The maximum absolute atomic E-state index is 12.1. The number of nitrogens with one attached hydrogen (secondary N) is 1. The summed E-state index contributed by atoms with van der Waals surface area (Å²) in [5.74, 6) is 0.434. The van der Waals surface area contributed by atoms with Crippen LogP contribution in [-0.2, 0) is 4.79 Å². The van der Waals surface area contributed by atoms with Crippen molar-refractivity contribution in [3.8, 4) is 0 Å². The molecule has 1 heterocycles. The van der Waals surface area contributed by atoms with Gasteiger partial charge in [-0.25, -0.2) is 4.99 Å². The predicted octanol–water partition coefficient (Wildman–Crippen LogP) is 2.98. The van der Waals surface area contributed by atoms with Crippen LogP contribution in [0.3, 0.4) is 0 Å². The van der Waals surface area contributed by atoms with Gasteiger partial charge < -0.3 is 10.2 Å². The Morgan fingerprint density at radius 1 is 1.00 bits per heavy atom. The number of amidine groups is 1. The minimum absolute atomic E-state index is 0.169. The summed E-state index contributed by atoms with van der Waals surface area (Å²) in [6.45, 7) is 2.03. The van der Waals surface area contributed by atoms with Crippen LogP contribution in [0.4, 0.5) is 5.69 Å². The molecule has 0 aliphatic carbocycles. The second-order valence-electron chi connectivity index (χ2n) is 5.80. The van der Waals surface area contributed by atoms with Gasteiger partial charge in [-0.3, -0.25) is 4.79 Å². The van der Waals surface area contributed by atoms with Crippen molar-refractivity contribution in [3.05, 3.63) is 70.9 Å². The summed E-state index contributed by atoms with van der Waals surface area (Å²) in [4.78, 5) is 18.6. The average molecular weight is 305 g/mol. The van der Waals surface area contributed by atoms with Gasteiger partial charge in [0.05, 0.1) is 0 Å². The van der Waals surface area contributed by atoms with Gasteiger partial charge >= 0.3 is 0 Å². The average Bonchev–Trinajstić information content (AvgIpc) is 2.89. The molecule has 3 rings (SSSR count). The Morgan fingerprint density at radius 3 is 2.26 bits per heavy atom. The third kappa shape index (κ3) is 3.31. The third-order valence-corrected chi connectivity index (χ3v) is 3.73. The minimum atomic E-state index is -0.169. The lowest BCUT2D eigenvalue weighted by atomic mass is 10.1. The standard InChI is InChI=1S/C19H19N3O/c1-13-4-8-15(9-5-13)18-20-17(19(23)21-18)12-14-6-10-16(11-7-14)22(2)3/h4-12H,1-3H3,(H,20,21,23)/b17-12-. The highest BCUT2D eigenvalue weighted by molar-refractivity contribution is 6.19. The van der Waals surface area contributed by atoms with Crippen LogP contribution in [0.15, 0.2) is 59.2 Å². The number of nitrogens with zero attached hydrogens (tertiary/aromatic N) is 2. The first-order valence-corrected chi connectivity index (χ1v) is 7.49. The maximum Gasteiger partial charge on any atom is 0.275 e. The summed E-state index contributed by atoms with van der Waals surface area (Å²) >= 11 is 0. The number of benzene rings is 2. The van der Waals surface area contributed by atoms with Gasteiger partial charge in [0.15, 0.2) is 0 Å². The van der Waals surface area contributed by atoms with E-state index in [9.17, 15) is 4.79 Å². The Labute approximate surface area is 136 Å². The van der Waals surface area contributed by atoms with Crippen molar-refractivity contribution in [1.82, 2.24) is 5.32 Å². The molecule has 1 amide bonds. The summed E-state index contributed by atoms with van der Waals surface area (Å²) in [6, 6.07) is 15.9. The van der Waals surface area contributed by atoms with Crippen LogP contribution in [0.5, 0.6) is 0 Å². The zero-order chi connectivity index (χ0) is 16.4. The number of anilines is 1. The SMILES string of the molecule is Cc1ccc(C2=N/C(=C\c3ccc(N(C)C)cc3)C(=O)N2)cc1. The number of hydrogen-bond acceptors (Lipinski definition) is 3. The van der Waals surface area contributed by atoms with E-state index in [-0.39, 0.29) is 5.91 Å². The van der Waals surface area contributed by atoms with E-state index in [1.807, 2.05) is 74.4 Å². The molecule has 0 atom stereocenters. The highest BCUT2D eigenvalue weighted by atomic mass is 16.2. The van der Waals surface area contributed by atoms with E-state index in [1.165, 1.54) is 5.56 Å². The molecular formula is C19H19N3O. The molecule has 0 unspecified atom stereocenters. The largest absolute Gasteiger partial charge is 0.378 e. The molecule has 116 valence electrons. The van der Waals surface area contributed by atoms with E-state index in [0.29, 0.717) is 11.5 Å². The Bertz CT molecular complexity index is 784. The van der Waals surface area contributed by atoms with E-state index in [2.05, 4.69) is 10.3 Å². The molecule has 2 aromatic carbocycles. The molecule has 0 saturated carbocycles. The zero-order valence-electron chi connectivity index (χ0n) is 13.5. The van der Waals surface area contributed by atoms with E-state index >= 15 is 0 Å². The lowest BCUT2D eigenvalue weighted by Crippen LogP contribution is -2.24. The van der Waals surface area contributed by atoms with E-state index in [1.54, 1.807) is 6.08 Å². The maximum atomic E-state index is 12.1. The molecule has 2 aromatic rings. The minimum Gasteiger partial charge on any atom is -0.378 e. The Balaban J connectivity index is 1.87. The summed E-state index contributed by atoms with van der Waals surface area (Å²) in [5.41, 5.74) is 4.59.